The van der Waals surface area contributed by atoms with Crippen LogP contribution in [0.1, 0.15) is 18.9 Å². The van der Waals surface area contributed by atoms with E-state index in [-0.39, 0.29) is 35.9 Å². The first-order chi connectivity index (χ1) is 11.7. The van der Waals surface area contributed by atoms with Gasteiger partial charge < -0.3 is 19.1 Å². The number of benzene rings is 1. The van der Waals surface area contributed by atoms with Gasteiger partial charge in [0.05, 0.1) is 23.7 Å². The molecule has 7 heteroatoms. The van der Waals surface area contributed by atoms with Gasteiger partial charge in [-0.05, 0) is 31.0 Å². The molecule has 1 amide bonds. The molecule has 1 aliphatic carbocycles. The second-order valence-corrected chi connectivity index (χ2v) is 7.27. The highest BCUT2D eigenvalue weighted by Gasteiger charge is 2.53. The van der Waals surface area contributed by atoms with E-state index in [1.807, 2.05) is 30.0 Å². The van der Waals surface area contributed by atoms with E-state index in [4.69, 9.17) is 14.2 Å². The van der Waals surface area contributed by atoms with Crippen LogP contribution in [0.25, 0.3) is 0 Å². The number of nitrogens with zero attached hydrogens (tertiary/aromatic N) is 1. The first kappa shape index (κ1) is 15.6. The smallest absolute Gasteiger partial charge is 0.309 e. The molecule has 3 atom stereocenters. The zero-order chi connectivity index (χ0) is 16.7. The number of amides is 1. The normalized spacial score (nSPS) is 27.5. The van der Waals surface area contributed by atoms with Crippen molar-refractivity contribution in [1.82, 2.24) is 4.90 Å². The quantitative estimate of drug-likeness (QED) is 0.758. The highest BCUT2D eigenvalue weighted by Crippen LogP contribution is 2.50. The van der Waals surface area contributed by atoms with E-state index < -0.39 is 0 Å². The van der Waals surface area contributed by atoms with Crippen LogP contribution in [-0.2, 0) is 20.9 Å². The van der Waals surface area contributed by atoms with Gasteiger partial charge >= 0.3 is 5.97 Å². The van der Waals surface area contributed by atoms with E-state index in [1.54, 1.807) is 11.8 Å². The number of thioether (sulfide) groups is 1. The van der Waals surface area contributed by atoms with Gasteiger partial charge in [-0.15, -0.1) is 11.8 Å². The lowest BCUT2D eigenvalue weighted by molar-refractivity contribution is -0.145. The molecule has 24 heavy (non-hydrogen) atoms. The van der Waals surface area contributed by atoms with Crippen molar-refractivity contribution in [2.75, 3.05) is 19.2 Å². The molecule has 4 rings (SSSR count). The summed E-state index contributed by atoms with van der Waals surface area (Å²) in [6.45, 7) is 2.98. The zero-order valence-electron chi connectivity index (χ0n) is 13.4. The molecule has 1 saturated heterocycles. The molecule has 0 bridgehead atoms. The number of carbonyl (C=O) groups is 2. The van der Waals surface area contributed by atoms with Crippen molar-refractivity contribution in [3.05, 3.63) is 23.8 Å². The summed E-state index contributed by atoms with van der Waals surface area (Å²) in [6, 6.07) is 5.75. The maximum Gasteiger partial charge on any atom is 0.309 e. The van der Waals surface area contributed by atoms with Crippen molar-refractivity contribution >= 4 is 23.6 Å². The summed E-state index contributed by atoms with van der Waals surface area (Å²) in [4.78, 5) is 26.1. The molecule has 0 radical (unpaired) electrons. The van der Waals surface area contributed by atoms with E-state index >= 15 is 0 Å². The van der Waals surface area contributed by atoms with Crippen molar-refractivity contribution in [2.24, 2.45) is 11.8 Å². The maximum absolute atomic E-state index is 12.3. The Morgan fingerprint density at radius 2 is 2.21 bits per heavy atom. The minimum Gasteiger partial charge on any atom is -0.466 e. The summed E-state index contributed by atoms with van der Waals surface area (Å²) in [7, 11) is 0. The molecule has 1 aromatic rings. The van der Waals surface area contributed by atoms with Crippen molar-refractivity contribution in [3.8, 4) is 11.5 Å². The predicted molar refractivity (Wildman–Crippen MR) is 87.6 cm³/mol. The summed E-state index contributed by atoms with van der Waals surface area (Å²) in [5.74, 6) is 2.06. The van der Waals surface area contributed by atoms with Gasteiger partial charge in [0.15, 0.2) is 11.5 Å². The Morgan fingerprint density at radius 3 is 3.04 bits per heavy atom. The van der Waals surface area contributed by atoms with E-state index in [1.165, 1.54) is 0 Å². The van der Waals surface area contributed by atoms with Gasteiger partial charge in [-0.1, -0.05) is 6.07 Å². The Kier molecular flexibility index (Phi) is 4.04. The van der Waals surface area contributed by atoms with Gasteiger partial charge in [0, 0.05) is 12.5 Å². The summed E-state index contributed by atoms with van der Waals surface area (Å²) in [5, 5.41) is 0.0531. The van der Waals surface area contributed by atoms with E-state index in [0.29, 0.717) is 18.9 Å². The number of hydrogen-bond acceptors (Lipinski definition) is 6. The number of ether oxygens (including phenoxy) is 3. The van der Waals surface area contributed by atoms with Crippen LogP contribution in [0.4, 0.5) is 0 Å². The number of carbonyl (C=O) groups excluding carboxylic acids is 2. The van der Waals surface area contributed by atoms with Crippen molar-refractivity contribution in [1.29, 1.82) is 0 Å². The van der Waals surface area contributed by atoms with Gasteiger partial charge in [-0.2, -0.15) is 0 Å². The fourth-order valence-corrected chi connectivity index (χ4v) is 4.69. The van der Waals surface area contributed by atoms with Crippen LogP contribution in [-0.4, -0.2) is 41.3 Å². The van der Waals surface area contributed by atoms with Crippen LogP contribution in [0, 0.1) is 11.8 Å². The predicted octanol–water partition coefficient (Wildman–Crippen LogP) is 2.02. The molecule has 3 unspecified atom stereocenters. The standard InChI is InChI=1S/C17H19NO5S/c1-2-21-17(20)12-6-11(12)16-18(15(19)8-24-16)7-10-3-4-13-14(5-10)23-9-22-13/h3-5,11-12,16H,2,6-9H2,1H3. The molecule has 3 aliphatic rings. The second-order valence-electron chi connectivity index (χ2n) is 6.17. The molecule has 0 N–H and O–H groups in total. The first-order valence-electron chi connectivity index (χ1n) is 8.13. The zero-order valence-corrected chi connectivity index (χ0v) is 14.2. The van der Waals surface area contributed by atoms with E-state index in [9.17, 15) is 9.59 Å². The third-order valence-electron chi connectivity index (χ3n) is 4.59. The molecule has 0 spiro atoms. The lowest BCUT2D eigenvalue weighted by atomic mass is 10.1. The third-order valence-corrected chi connectivity index (χ3v) is 5.95. The van der Waals surface area contributed by atoms with Crippen LogP contribution in [0.5, 0.6) is 11.5 Å². The van der Waals surface area contributed by atoms with Gasteiger partial charge in [-0.25, -0.2) is 0 Å². The minimum absolute atomic E-state index is 0.0531. The Morgan fingerprint density at radius 1 is 1.38 bits per heavy atom. The first-order valence-corrected chi connectivity index (χ1v) is 9.18. The molecule has 1 saturated carbocycles. The summed E-state index contributed by atoms with van der Waals surface area (Å²) in [5.41, 5.74) is 1.01. The SMILES string of the molecule is CCOC(=O)C1CC1C1SCC(=O)N1Cc1ccc2c(c1)OCO2. The number of hydrogen-bond donors (Lipinski definition) is 0. The van der Waals surface area contributed by atoms with E-state index in [0.717, 1.165) is 23.5 Å². The molecule has 2 fully saturated rings. The Bertz CT molecular complexity index is 679. The van der Waals surface area contributed by atoms with Crippen molar-refractivity contribution in [2.45, 2.75) is 25.3 Å². The monoisotopic (exact) mass is 349 g/mol. The van der Waals surface area contributed by atoms with Gasteiger partial charge in [0.25, 0.3) is 0 Å². The van der Waals surface area contributed by atoms with Crippen LogP contribution >= 0.6 is 11.8 Å². The van der Waals surface area contributed by atoms with Crippen LogP contribution in [0.3, 0.4) is 0 Å². The maximum atomic E-state index is 12.3. The minimum atomic E-state index is -0.134. The topological polar surface area (TPSA) is 65.1 Å². The lowest BCUT2D eigenvalue weighted by Gasteiger charge is -2.24. The van der Waals surface area contributed by atoms with Gasteiger partial charge in [0.1, 0.15) is 0 Å². The van der Waals surface area contributed by atoms with Gasteiger partial charge in [0.2, 0.25) is 12.7 Å². The van der Waals surface area contributed by atoms with E-state index in [2.05, 4.69) is 0 Å². The van der Waals surface area contributed by atoms with Crippen LogP contribution in [0.2, 0.25) is 0 Å². The Labute approximate surface area is 144 Å². The molecule has 2 aliphatic heterocycles. The molecular weight excluding hydrogens is 330 g/mol. The largest absolute Gasteiger partial charge is 0.466 e. The molecule has 1 aromatic carbocycles. The highest BCUT2D eigenvalue weighted by atomic mass is 32.2. The number of esters is 1. The average Bonchev–Trinajstić information content (AvgIpc) is 3.09. The number of fused-ring (bicyclic) bond motifs is 1. The molecule has 0 aromatic heterocycles. The average molecular weight is 349 g/mol. The summed E-state index contributed by atoms with van der Waals surface area (Å²) >= 11 is 1.63. The lowest BCUT2D eigenvalue weighted by Crippen LogP contribution is -2.34. The molecule has 6 nitrogen and oxygen atoms in total. The molecule has 128 valence electrons. The van der Waals surface area contributed by atoms with Crippen molar-refractivity contribution in [3.63, 3.8) is 0 Å². The molecule has 2 heterocycles. The Balaban J connectivity index is 1.45. The molecular formula is C17H19NO5S. The third kappa shape index (κ3) is 2.81. The fourth-order valence-electron chi connectivity index (χ4n) is 3.29. The summed E-state index contributed by atoms with van der Waals surface area (Å²) < 4.78 is 15.8. The highest BCUT2D eigenvalue weighted by molar-refractivity contribution is 8.01. The van der Waals surface area contributed by atoms with Crippen LogP contribution in [0.15, 0.2) is 18.2 Å². The van der Waals surface area contributed by atoms with Crippen molar-refractivity contribution < 1.29 is 23.8 Å². The van der Waals surface area contributed by atoms with Gasteiger partial charge in [-0.3, -0.25) is 9.59 Å². The summed E-state index contributed by atoms with van der Waals surface area (Å²) in [6.07, 6.45) is 0.807. The Hall–Kier alpha value is -1.89. The van der Waals surface area contributed by atoms with Crippen LogP contribution < -0.4 is 9.47 Å². The number of rotatable bonds is 5. The second kappa shape index (κ2) is 6.20. The fraction of sp³-hybridized carbons (Fsp3) is 0.529.